The minimum absolute atomic E-state index is 0.0861. The van der Waals surface area contributed by atoms with Crippen molar-refractivity contribution in [3.8, 4) is 5.69 Å². The molecule has 1 amide bonds. The molecule has 9 nitrogen and oxygen atoms in total. The van der Waals surface area contributed by atoms with Crippen molar-refractivity contribution < 1.29 is 4.79 Å². The van der Waals surface area contributed by atoms with Crippen LogP contribution in [0.4, 0.5) is 11.5 Å². The summed E-state index contributed by atoms with van der Waals surface area (Å²) in [6.45, 7) is 1.84. The third-order valence-electron chi connectivity index (χ3n) is 5.99. The molecular weight excluding hydrogens is 442 g/mol. The maximum Gasteiger partial charge on any atom is 0.265 e. The Morgan fingerprint density at radius 3 is 2.60 bits per heavy atom. The number of nitrogens with one attached hydrogen (secondary N) is 1. The Morgan fingerprint density at radius 2 is 1.86 bits per heavy atom. The van der Waals surface area contributed by atoms with E-state index in [9.17, 15) is 9.59 Å². The first-order valence-corrected chi connectivity index (χ1v) is 11.2. The van der Waals surface area contributed by atoms with Crippen LogP contribution in [0.15, 0.2) is 77.9 Å². The summed E-state index contributed by atoms with van der Waals surface area (Å²) >= 11 is 0. The van der Waals surface area contributed by atoms with Crippen molar-refractivity contribution in [2.24, 2.45) is 0 Å². The van der Waals surface area contributed by atoms with Crippen LogP contribution in [-0.4, -0.2) is 39.2 Å². The first kappa shape index (κ1) is 22.1. The highest BCUT2D eigenvalue weighted by molar-refractivity contribution is 6.04. The maximum atomic E-state index is 13.9. The Kier molecular flexibility index (Phi) is 5.44. The lowest BCUT2D eigenvalue weighted by Crippen LogP contribution is -2.32. The van der Waals surface area contributed by atoms with Gasteiger partial charge in [-0.05, 0) is 42.6 Å². The van der Waals surface area contributed by atoms with E-state index in [1.165, 1.54) is 4.52 Å². The molecule has 0 aliphatic rings. The van der Waals surface area contributed by atoms with E-state index in [2.05, 4.69) is 15.4 Å². The van der Waals surface area contributed by atoms with Gasteiger partial charge in [0.2, 0.25) is 0 Å². The van der Waals surface area contributed by atoms with Gasteiger partial charge in [-0.3, -0.25) is 14.2 Å². The smallest absolute Gasteiger partial charge is 0.265 e. The van der Waals surface area contributed by atoms with Gasteiger partial charge < -0.3 is 16.0 Å². The van der Waals surface area contributed by atoms with E-state index in [0.29, 0.717) is 22.4 Å². The molecule has 5 rings (SSSR count). The summed E-state index contributed by atoms with van der Waals surface area (Å²) in [5.41, 5.74) is 8.61. The highest BCUT2D eigenvalue weighted by Crippen LogP contribution is 2.27. The second-order valence-electron chi connectivity index (χ2n) is 8.52. The molecule has 3 N–H and O–H groups in total. The van der Waals surface area contributed by atoms with Crippen molar-refractivity contribution in [1.29, 1.82) is 0 Å². The number of anilines is 2. The van der Waals surface area contributed by atoms with Crippen LogP contribution in [-0.2, 0) is 0 Å². The van der Waals surface area contributed by atoms with Crippen molar-refractivity contribution in [1.82, 2.24) is 24.5 Å². The normalized spacial score (nSPS) is 12.1. The molecule has 5 aromatic rings. The van der Waals surface area contributed by atoms with Crippen LogP contribution in [0, 0.1) is 0 Å². The maximum absolute atomic E-state index is 13.9. The van der Waals surface area contributed by atoms with Crippen LogP contribution >= 0.6 is 0 Å². The minimum atomic E-state index is -0.527. The van der Waals surface area contributed by atoms with Crippen molar-refractivity contribution in [2.45, 2.75) is 13.0 Å². The average Bonchev–Trinajstić information content (AvgIpc) is 3.19. The molecule has 0 aliphatic heterocycles. The molecule has 0 radical (unpaired) electrons. The fourth-order valence-electron chi connectivity index (χ4n) is 4.36. The van der Waals surface area contributed by atoms with Gasteiger partial charge in [-0.25, -0.2) is 9.50 Å². The number of fused-ring (bicyclic) bond motifs is 2. The van der Waals surface area contributed by atoms with Gasteiger partial charge in [-0.1, -0.05) is 30.3 Å². The number of para-hydroxylation sites is 1. The van der Waals surface area contributed by atoms with Crippen molar-refractivity contribution in [3.63, 3.8) is 0 Å². The number of aromatic nitrogens is 4. The zero-order valence-electron chi connectivity index (χ0n) is 19.6. The van der Waals surface area contributed by atoms with Gasteiger partial charge >= 0.3 is 0 Å². The van der Waals surface area contributed by atoms with Gasteiger partial charge in [-0.15, -0.1) is 5.10 Å². The monoisotopic (exact) mass is 467 g/mol. The molecule has 3 heterocycles. The van der Waals surface area contributed by atoms with Gasteiger partial charge in [0.1, 0.15) is 5.56 Å². The summed E-state index contributed by atoms with van der Waals surface area (Å²) in [5.74, 6) is -0.333. The van der Waals surface area contributed by atoms with Crippen molar-refractivity contribution in [3.05, 3.63) is 94.7 Å². The highest BCUT2D eigenvalue weighted by Gasteiger charge is 2.24. The molecule has 0 aliphatic carbocycles. The van der Waals surface area contributed by atoms with E-state index in [4.69, 9.17) is 5.73 Å². The molecule has 0 unspecified atom stereocenters. The molecule has 2 aromatic carbocycles. The molecule has 35 heavy (non-hydrogen) atoms. The number of carbonyl (C=O) groups excluding carboxylic acids is 1. The van der Waals surface area contributed by atoms with Gasteiger partial charge in [0, 0.05) is 43.6 Å². The molecular formula is C26H25N7O2. The summed E-state index contributed by atoms with van der Waals surface area (Å²) in [6.07, 6.45) is 3.26. The van der Waals surface area contributed by atoms with Gasteiger partial charge in [-0.2, -0.15) is 0 Å². The van der Waals surface area contributed by atoms with E-state index in [-0.39, 0.29) is 16.9 Å². The van der Waals surface area contributed by atoms with E-state index in [0.717, 1.165) is 11.1 Å². The molecule has 0 saturated heterocycles. The first-order chi connectivity index (χ1) is 16.9. The van der Waals surface area contributed by atoms with Gasteiger partial charge in [0.25, 0.3) is 11.5 Å². The average molecular weight is 468 g/mol. The second-order valence-corrected chi connectivity index (χ2v) is 8.52. The number of pyridine rings is 1. The molecule has 176 valence electrons. The summed E-state index contributed by atoms with van der Waals surface area (Å²) in [4.78, 5) is 33.4. The van der Waals surface area contributed by atoms with E-state index in [1.807, 2.05) is 80.5 Å². The Balaban J connectivity index is 1.66. The Labute approximate surface area is 201 Å². The SMILES string of the molecule is C[C@H](NC(=O)c1c(N)nn2cccnc12)c1cc2cccc(N(C)C)c2c(=O)n1-c1ccccc1. The predicted octanol–water partition coefficient (Wildman–Crippen LogP) is 3.17. The minimum Gasteiger partial charge on any atom is -0.381 e. The van der Waals surface area contributed by atoms with Gasteiger partial charge in [0.15, 0.2) is 11.5 Å². The number of carbonyl (C=O) groups is 1. The second kappa shape index (κ2) is 8.60. The first-order valence-electron chi connectivity index (χ1n) is 11.2. The number of nitrogens with zero attached hydrogens (tertiary/aromatic N) is 5. The molecule has 3 aromatic heterocycles. The highest BCUT2D eigenvalue weighted by atomic mass is 16.2. The number of rotatable bonds is 5. The quantitative estimate of drug-likeness (QED) is 0.411. The fraction of sp³-hybridized carbons (Fsp3) is 0.154. The number of nitrogen functional groups attached to an aromatic ring is 1. The van der Waals surface area contributed by atoms with E-state index in [1.54, 1.807) is 23.0 Å². The lowest BCUT2D eigenvalue weighted by molar-refractivity contribution is 0.0941. The van der Waals surface area contributed by atoms with Crippen LogP contribution in [0.5, 0.6) is 0 Å². The third-order valence-corrected chi connectivity index (χ3v) is 5.99. The molecule has 9 heteroatoms. The topological polar surface area (TPSA) is 111 Å². The summed E-state index contributed by atoms with van der Waals surface area (Å²) in [6, 6.07) is 18.3. The van der Waals surface area contributed by atoms with E-state index >= 15 is 0 Å². The molecule has 0 spiro atoms. The zero-order valence-corrected chi connectivity index (χ0v) is 19.6. The van der Waals surface area contributed by atoms with Crippen molar-refractivity contribution >= 4 is 33.8 Å². The lowest BCUT2D eigenvalue weighted by atomic mass is 10.1. The fourth-order valence-corrected chi connectivity index (χ4v) is 4.36. The van der Waals surface area contributed by atoms with Crippen molar-refractivity contribution in [2.75, 3.05) is 24.7 Å². The molecule has 0 bridgehead atoms. The van der Waals surface area contributed by atoms with Crippen LogP contribution in [0.1, 0.15) is 29.0 Å². The Morgan fingerprint density at radius 1 is 1.09 bits per heavy atom. The molecule has 0 saturated carbocycles. The predicted molar refractivity (Wildman–Crippen MR) is 137 cm³/mol. The Hall–Kier alpha value is -4.66. The number of amides is 1. The summed E-state index contributed by atoms with van der Waals surface area (Å²) in [5, 5.41) is 8.56. The summed E-state index contributed by atoms with van der Waals surface area (Å²) < 4.78 is 3.12. The molecule has 0 fully saturated rings. The number of benzene rings is 2. The lowest BCUT2D eigenvalue weighted by Gasteiger charge is -2.22. The van der Waals surface area contributed by atoms with Crippen LogP contribution in [0.2, 0.25) is 0 Å². The van der Waals surface area contributed by atoms with Crippen LogP contribution in [0.3, 0.4) is 0 Å². The molecule has 1 atom stereocenters. The zero-order chi connectivity index (χ0) is 24.7. The number of hydrogen-bond donors (Lipinski definition) is 2. The third kappa shape index (κ3) is 3.76. The van der Waals surface area contributed by atoms with Crippen LogP contribution in [0.25, 0.3) is 22.1 Å². The number of nitrogens with two attached hydrogens (primary N) is 1. The number of hydrogen-bond acceptors (Lipinski definition) is 6. The standard InChI is InChI=1S/C26H25N7O2/c1-16(29-25(34)22-23(27)30-32-14-8-13-28-24(22)32)20-15-17-9-7-12-19(31(2)3)21(17)26(35)33(20)18-10-5-4-6-11-18/h4-16H,1-3H3,(H2,27,30)(H,29,34)/t16-/m0/s1. The largest absolute Gasteiger partial charge is 0.381 e. The summed E-state index contributed by atoms with van der Waals surface area (Å²) in [7, 11) is 3.82. The van der Waals surface area contributed by atoms with E-state index < -0.39 is 11.9 Å². The Bertz CT molecular complexity index is 1620. The van der Waals surface area contributed by atoms with Gasteiger partial charge in [0.05, 0.1) is 11.4 Å². The van der Waals surface area contributed by atoms with Crippen LogP contribution < -0.4 is 21.5 Å².